The molecule has 0 bridgehead atoms. The molecule has 1 radical (unpaired) electrons. The molecule has 1 unspecified atom stereocenters. The third kappa shape index (κ3) is 3.32. The fourth-order valence-corrected chi connectivity index (χ4v) is 2.72. The maximum Gasteiger partial charge on any atom is 0.0180 e. The van der Waals surface area contributed by atoms with Crippen LogP contribution in [-0.2, 0) is 6.42 Å². The molecule has 0 spiro atoms. The van der Waals surface area contributed by atoms with E-state index in [1.807, 2.05) is 7.05 Å². The standard InChI is InChI=1S/C20H20N/c1-21-19(14-16-8-3-2-4-9-16)15-18-12-7-11-17-10-5-6-13-20(17)18/h2-13,15,19,21H,14H2,1H3. The van der Waals surface area contributed by atoms with Gasteiger partial charge in [-0.15, -0.1) is 0 Å². The minimum Gasteiger partial charge on any atom is -0.316 e. The van der Waals surface area contributed by atoms with Crippen molar-refractivity contribution in [3.05, 3.63) is 90.3 Å². The van der Waals surface area contributed by atoms with Crippen molar-refractivity contribution >= 4 is 10.8 Å². The molecule has 105 valence electrons. The van der Waals surface area contributed by atoms with Gasteiger partial charge in [0.2, 0.25) is 0 Å². The van der Waals surface area contributed by atoms with E-state index in [2.05, 4.69) is 84.5 Å². The Labute approximate surface area is 126 Å². The second-order valence-corrected chi connectivity index (χ2v) is 5.32. The number of fused-ring (bicyclic) bond motifs is 1. The smallest absolute Gasteiger partial charge is 0.0180 e. The molecule has 3 aromatic rings. The van der Waals surface area contributed by atoms with E-state index in [1.54, 1.807) is 0 Å². The molecule has 0 aromatic heterocycles. The molecular weight excluding hydrogens is 254 g/mol. The van der Waals surface area contributed by atoms with Gasteiger partial charge in [0.25, 0.3) is 0 Å². The Morgan fingerprint density at radius 1 is 0.857 bits per heavy atom. The molecular formula is C20H20N. The Bertz CT molecular complexity index is 698. The highest BCUT2D eigenvalue weighted by atomic mass is 14.9. The molecule has 0 aliphatic heterocycles. The third-order valence-corrected chi connectivity index (χ3v) is 3.87. The van der Waals surface area contributed by atoms with Gasteiger partial charge in [0, 0.05) is 12.5 Å². The fourth-order valence-electron chi connectivity index (χ4n) is 2.72. The van der Waals surface area contributed by atoms with Crippen molar-refractivity contribution in [2.24, 2.45) is 0 Å². The first kappa shape index (κ1) is 13.8. The van der Waals surface area contributed by atoms with Crippen LogP contribution < -0.4 is 5.32 Å². The SMILES string of the molecule is CNC([CH]c1cccc2ccccc12)Cc1ccccc1. The van der Waals surface area contributed by atoms with Crippen LogP contribution in [0.4, 0.5) is 0 Å². The Balaban J connectivity index is 1.82. The number of hydrogen-bond donors (Lipinski definition) is 1. The average molecular weight is 274 g/mol. The average Bonchev–Trinajstić information content (AvgIpc) is 2.55. The van der Waals surface area contributed by atoms with E-state index in [9.17, 15) is 0 Å². The van der Waals surface area contributed by atoms with Crippen molar-refractivity contribution in [3.63, 3.8) is 0 Å². The Morgan fingerprint density at radius 2 is 1.57 bits per heavy atom. The lowest BCUT2D eigenvalue weighted by molar-refractivity contribution is 0.635. The van der Waals surface area contributed by atoms with Gasteiger partial charge in [0.15, 0.2) is 0 Å². The molecule has 0 fully saturated rings. The summed E-state index contributed by atoms with van der Waals surface area (Å²) in [7, 11) is 2.02. The second kappa shape index (κ2) is 6.55. The summed E-state index contributed by atoms with van der Waals surface area (Å²) >= 11 is 0. The number of nitrogens with one attached hydrogen (secondary N) is 1. The van der Waals surface area contributed by atoms with Gasteiger partial charge in [-0.05, 0) is 35.4 Å². The molecule has 21 heavy (non-hydrogen) atoms. The first-order valence-corrected chi connectivity index (χ1v) is 7.40. The van der Waals surface area contributed by atoms with Crippen LogP contribution in [0.2, 0.25) is 0 Å². The predicted molar refractivity (Wildman–Crippen MR) is 90.3 cm³/mol. The summed E-state index contributed by atoms with van der Waals surface area (Å²) in [5.74, 6) is 0. The normalized spacial score (nSPS) is 12.4. The summed E-state index contributed by atoms with van der Waals surface area (Å²) in [6.45, 7) is 0. The number of rotatable bonds is 5. The van der Waals surface area contributed by atoms with Gasteiger partial charge in [0.05, 0.1) is 0 Å². The highest BCUT2D eigenvalue weighted by Gasteiger charge is 2.10. The molecule has 0 heterocycles. The van der Waals surface area contributed by atoms with Crippen LogP contribution in [-0.4, -0.2) is 13.1 Å². The zero-order valence-corrected chi connectivity index (χ0v) is 12.3. The zero-order valence-electron chi connectivity index (χ0n) is 12.3. The molecule has 1 N–H and O–H groups in total. The molecule has 3 aromatic carbocycles. The highest BCUT2D eigenvalue weighted by Crippen LogP contribution is 2.21. The van der Waals surface area contributed by atoms with E-state index in [0.29, 0.717) is 6.04 Å². The number of likely N-dealkylation sites (N-methyl/N-ethyl adjacent to an activating group) is 1. The largest absolute Gasteiger partial charge is 0.316 e. The van der Waals surface area contributed by atoms with Gasteiger partial charge in [-0.1, -0.05) is 72.8 Å². The quantitative estimate of drug-likeness (QED) is 0.734. The van der Waals surface area contributed by atoms with Crippen LogP contribution >= 0.6 is 0 Å². The van der Waals surface area contributed by atoms with Crippen molar-refractivity contribution < 1.29 is 0 Å². The lowest BCUT2D eigenvalue weighted by atomic mass is 9.95. The third-order valence-electron chi connectivity index (χ3n) is 3.87. The molecule has 0 amide bonds. The van der Waals surface area contributed by atoms with Crippen molar-refractivity contribution in [2.45, 2.75) is 12.5 Å². The topological polar surface area (TPSA) is 12.0 Å². The van der Waals surface area contributed by atoms with E-state index in [4.69, 9.17) is 0 Å². The lowest BCUT2D eigenvalue weighted by Gasteiger charge is -2.17. The van der Waals surface area contributed by atoms with Gasteiger partial charge in [-0.3, -0.25) is 0 Å². The van der Waals surface area contributed by atoms with E-state index in [1.165, 1.54) is 21.9 Å². The van der Waals surface area contributed by atoms with Crippen molar-refractivity contribution in [1.82, 2.24) is 5.32 Å². The van der Waals surface area contributed by atoms with E-state index in [-0.39, 0.29) is 0 Å². The number of benzene rings is 3. The van der Waals surface area contributed by atoms with Gasteiger partial charge in [-0.2, -0.15) is 0 Å². The van der Waals surface area contributed by atoms with Crippen molar-refractivity contribution in [2.75, 3.05) is 7.05 Å². The summed E-state index contributed by atoms with van der Waals surface area (Å²) in [5.41, 5.74) is 2.65. The molecule has 0 saturated carbocycles. The minimum atomic E-state index is 0.332. The van der Waals surface area contributed by atoms with E-state index < -0.39 is 0 Å². The summed E-state index contributed by atoms with van der Waals surface area (Å²) < 4.78 is 0. The Kier molecular flexibility index (Phi) is 4.32. The molecule has 1 atom stereocenters. The molecule has 1 heteroatoms. The second-order valence-electron chi connectivity index (χ2n) is 5.32. The minimum absolute atomic E-state index is 0.332. The summed E-state index contributed by atoms with van der Waals surface area (Å²) in [6, 6.07) is 26.0. The van der Waals surface area contributed by atoms with Gasteiger partial charge in [-0.25, -0.2) is 0 Å². The van der Waals surface area contributed by atoms with Crippen LogP contribution in [0.5, 0.6) is 0 Å². The molecule has 0 aliphatic carbocycles. The Hall–Kier alpha value is -2.12. The van der Waals surface area contributed by atoms with Gasteiger partial charge in [0.1, 0.15) is 0 Å². The van der Waals surface area contributed by atoms with Crippen LogP contribution in [0, 0.1) is 6.42 Å². The van der Waals surface area contributed by atoms with Crippen LogP contribution in [0.1, 0.15) is 11.1 Å². The van der Waals surface area contributed by atoms with Crippen molar-refractivity contribution in [1.29, 1.82) is 0 Å². The maximum absolute atomic E-state index is 3.41. The first-order valence-electron chi connectivity index (χ1n) is 7.40. The molecule has 0 saturated heterocycles. The maximum atomic E-state index is 3.41. The fraction of sp³-hybridized carbons (Fsp3) is 0.150. The summed E-state index contributed by atoms with van der Waals surface area (Å²) in [6.07, 6.45) is 3.33. The molecule has 1 nitrogen and oxygen atoms in total. The summed E-state index contributed by atoms with van der Waals surface area (Å²) in [4.78, 5) is 0. The Morgan fingerprint density at radius 3 is 2.38 bits per heavy atom. The molecule has 0 aliphatic rings. The van der Waals surface area contributed by atoms with Gasteiger partial charge < -0.3 is 5.32 Å². The van der Waals surface area contributed by atoms with E-state index >= 15 is 0 Å². The number of hydrogen-bond acceptors (Lipinski definition) is 1. The monoisotopic (exact) mass is 274 g/mol. The molecule has 3 rings (SSSR count). The predicted octanol–water partition coefficient (Wildman–Crippen LogP) is 4.22. The lowest BCUT2D eigenvalue weighted by Crippen LogP contribution is -2.28. The van der Waals surface area contributed by atoms with Gasteiger partial charge >= 0.3 is 0 Å². The zero-order chi connectivity index (χ0) is 14.5. The van der Waals surface area contributed by atoms with Crippen LogP contribution in [0.25, 0.3) is 10.8 Å². The van der Waals surface area contributed by atoms with Crippen LogP contribution in [0.3, 0.4) is 0 Å². The van der Waals surface area contributed by atoms with E-state index in [0.717, 1.165) is 6.42 Å². The van der Waals surface area contributed by atoms with Crippen LogP contribution in [0.15, 0.2) is 72.8 Å². The highest BCUT2D eigenvalue weighted by molar-refractivity contribution is 5.86. The summed E-state index contributed by atoms with van der Waals surface area (Å²) in [5, 5.41) is 6.01. The van der Waals surface area contributed by atoms with Crippen molar-refractivity contribution in [3.8, 4) is 0 Å². The first-order chi connectivity index (χ1) is 10.4.